The van der Waals surface area contributed by atoms with E-state index >= 15 is 0 Å². The highest BCUT2D eigenvalue weighted by Gasteiger charge is 2.21. The van der Waals surface area contributed by atoms with Crippen LogP contribution in [0.4, 0.5) is 0 Å². The first-order valence-corrected chi connectivity index (χ1v) is 5.67. The van der Waals surface area contributed by atoms with Crippen molar-refractivity contribution in [2.45, 2.75) is 25.8 Å². The zero-order chi connectivity index (χ0) is 10.3. The number of aryl methyl sites for hydroxylation is 1. The van der Waals surface area contributed by atoms with Crippen molar-refractivity contribution in [1.82, 2.24) is 10.3 Å². The van der Waals surface area contributed by atoms with Crippen molar-refractivity contribution in [1.29, 1.82) is 0 Å². The van der Waals surface area contributed by atoms with Gasteiger partial charge in [-0.1, -0.05) is 18.2 Å². The Morgan fingerprint density at radius 2 is 2.06 bits per heavy atom. The molecule has 1 aromatic carbocycles. The summed E-state index contributed by atoms with van der Waals surface area (Å²) in [5, 5.41) is 4.96. The highest BCUT2D eigenvalue weighted by atomic mass is 35.5. The molecule has 2 heterocycles. The summed E-state index contributed by atoms with van der Waals surface area (Å²) in [6, 6.07) is 9.13. The van der Waals surface area contributed by atoms with Gasteiger partial charge in [-0.15, -0.1) is 12.4 Å². The highest BCUT2D eigenvalue weighted by Crippen LogP contribution is 2.32. The highest BCUT2D eigenvalue weighted by molar-refractivity contribution is 5.85. The zero-order valence-electron chi connectivity index (χ0n) is 9.42. The summed E-state index contributed by atoms with van der Waals surface area (Å²) in [5.74, 6) is 0. The molecule has 2 aromatic rings. The van der Waals surface area contributed by atoms with Gasteiger partial charge >= 0.3 is 0 Å². The van der Waals surface area contributed by atoms with E-state index in [9.17, 15) is 0 Å². The molecular weight excluding hydrogens is 220 g/mol. The standard InChI is InChI=1S/C13H16N2.ClH/c1-9-13(12-7-4-8-14-12)10-5-2-3-6-11(10)15-9;/h2-3,5-6,12,14-15H,4,7-8H2,1H3;1H/t12-;/m1./s1. The summed E-state index contributed by atoms with van der Waals surface area (Å²) >= 11 is 0. The van der Waals surface area contributed by atoms with Crippen LogP contribution < -0.4 is 5.32 Å². The van der Waals surface area contributed by atoms with Gasteiger partial charge in [0.05, 0.1) is 0 Å². The van der Waals surface area contributed by atoms with E-state index in [0.717, 1.165) is 6.54 Å². The number of aromatic nitrogens is 1. The Morgan fingerprint density at radius 1 is 1.25 bits per heavy atom. The van der Waals surface area contributed by atoms with Crippen LogP contribution in [0.25, 0.3) is 10.9 Å². The molecule has 1 fully saturated rings. The Labute approximate surface area is 102 Å². The molecule has 1 aromatic heterocycles. The second-order valence-electron chi connectivity index (χ2n) is 4.36. The summed E-state index contributed by atoms with van der Waals surface area (Å²) in [7, 11) is 0. The number of aromatic amines is 1. The second kappa shape index (κ2) is 4.48. The lowest BCUT2D eigenvalue weighted by Crippen LogP contribution is -2.13. The summed E-state index contributed by atoms with van der Waals surface area (Å²) in [5.41, 5.74) is 4.05. The third-order valence-electron chi connectivity index (χ3n) is 3.35. The fraction of sp³-hybridized carbons (Fsp3) is 0.385. The molecule has 86 valence electrons. The first kappa shape index (κ1) is 11.5. The minimum Gasteiger partial charge on any atom is -0.358 e. The molecule has 0 aliphatic carbocycles. The molecule has 1 saturated heterocycles. The average Bonchev–Trinajstić information content (AvgIpc) is 2.82. The summed E-state index contributed by atoms with van der Waals surface area (Å²) < 4.78 is 0. The number of halogens is 1. The van der Waals surface area contributed by atoms with Crippen LogP contribution in [0.15, 0.2) is 24.3 Å². The average molecular weight is 237 g/mol. The molecule has 2 N–H and O–H groups in total. The quantitative estimate of drug-likeness (QED) is 0.781. The minimum absolute atomic E-state index is 0. The largest absolute Gasteiger partial charge is 0.358 e. The van der Waals surface area contributed by atoms with Crippen molar-refractivity contribution < 1.29 is 0 Å². The fourth-order valence-corrected chi connectivity index (χ4v) is 2.68. The molecule has 1 atom stereocenters. The van der Waals surface area contributed by atoms with Crippen LogP contribution in [0.1, 0.15) is 30.1 Å². The normalized spacial score (nSPS) is 19.9. The number of para-hydroxylation sites is 1. The molecule has 2 nitrogen and oxygen atoms in total. The summed E-state index contributed by atoms with van der Waals surface area (Å²) in [6.07, 6.45) is 2.56. The van der Waals surface area contributed by atoms with Gasteiger partial charge in [0.2, 0.25) is 0 Å². The van der Waals surface area contributed by atoms with Gasteiger partial charge in [0.25, 0.3) is 0 Å². The van der Waals surface area contributed by atoms with Gasteiger partial charge in [-0.05, 0) is 37.9 Å². The Hall–Kier alpha value is -0.990. The van der Waals surface area contributed by atoms with Crippen LogP contribution in [0.3, 0.4) is 0 Å². The molecule has 0 saturated carbocycles. The van der Waals surface area contributed by atoms with Gasteiger partial charge in [0, 0.05) is 22.6 Å². The Balaban J connectivity index is 0.000000963. The number of H-pyrrole nitrogens is 1. The lowest BCUT2D eigenvalue weighted by Gasteiger charge is -2.10. The van der Waals surface area contributed by atoms with E-state index in [1.807, 2.05) is 0 Å². The van der Waals surface area contributed by atoms with E-state index in [4.69, 9.17) is 0 Å². The van der Waals surface area contributed by atoms with Gasteiger partial charge in [0.1, 0.15) is 0 Å². The number of hydrogen-bond acceptors (Lipinski definition) is 1. The summed E-state index contributed by atoms with van der Waals surface area (Å²) in [4.78, 5) is 3.46. The zero-order valence-corrected chi connectivity index (χ0v) is 10.2. The van der Waals surface area contributed by atoms with Crippen LogP contribution in [-0.2, 0) is 0 Å². The van der Waals surface area contributed by atoms with Crippen molar-refractivity contribution >= 4 is 23.3 Å². The van der Waals surface area contributed by atoms with Crippen LogP contribution in [0.5, 0.6) is 0 Å². The maximum absolute atomic E-state index is 3.57. The van der Waals surface area contributed by atoms with E-state index in [0.29, 0.717) is 6.04 Å². The molecular formula is C13H17ClN2. The van der Waals surface area contributed by atoms with E-state index in [1.54, 1.807) is 0 Å². The van der Waals surface area contributed by atoms with Gasteiger partial charge in [-0.25, -0.2) is 0 Å². The molecule has 0 amide bonds. The van der Waals surface area contributed by atoms with Gasteiger partial charge < -0.3 is 10.3 Å². The van der Waals surface area contributed by atoms with Crippen LogP contribution >= 0.6 is 12.4 Å². The Kier molecular flexibility index (Phi) is 3.22. The molecule has 3 heteroatoms. The lowest BCUT2D eigenvalue weighted by molar-refractivity contribution is 0.648. The molecule has 1 aliphatic heterocycles. The van der Waals surface area contributed by atoms with Gasteiger partial charge in [-0.3, -0.25) is 0 Å². The number of benzene rings is 1. The van der Waals surface area contributed by atoms with Crippen LogP contribution in [0, 0.1) is 6.92 Å². The van der Waals surface area contributed by atoms with E-state index in [2.05, 4.69) is 41.5 Å². The number of rotatable bonds is 1. The van der Waals surface area contributed by atoms with Crippen LogP contribution in [0.2, 0.25) is 0 Å². The fourth-order valence-electron chi connectivity index (χ4n) is 2.68. The molecule has 1 aliphatic rings. The first-order chi connectivity index (χ1) is 7.36. The second-order valence-corrected chi connectivity index (χ2v) is 4.36. The number of fused-ring (bicyclic) bond motifs is 1. The first-order valence-electron chi connectivity index (χ1n) is 5.67. The smallest absolute Gasteiger partial charge is 0.0459 e. The predicted molar refractivity (Wildman–Crippen MR) is 70.3 cm³/mol. The molecule has 0 bridgehead atoms. The van der Waals surface area contributed by atoms with E-state index in [-0.39, 0.29) is 12.4 Å². The SMILES string of the molecule is Cc1[nH]c2ccccc2c1[C@H]1CCCN1.Cl. The van der Waals surface area contributed by atoms with E-state index < -0.39 is 0 Å². The molecule has 3 rings (SSSR count). The topological polar surface area (TPSA) is 27.8 Å². The minimum atomic E-state index is 0. The maximum Gasteiger partial charge on any atom is 0.0459 e. The van der Waals surface area contributed by atoms with Crippen molar-refractivity contribution in [2.75, 3.05) is 6.54 Å². The van der Waals surface area contributed by atoms with Gasteiger partial charge in [0.15, 0.2) is 0 Å². The van der Waals surface area contributed by atoms with E-state index in [1.165, 1.54) is 35.0 Å². The van der Waals surface area contributed by atoms with Crippen molar-refractivity contribution in [3.8, 4) is 0 Å². The number of nitrogens with one attached hydrogen (secondary N) is 2. The predicted octanol–water partition coefficient (Wildman–Crippen LogP) is 3.32. The monoisotopic (exact) mass is 236 g/mol. The number of hydrogen-bond donors (Lipinski definition) is 2. The van der Waals surface area contributed by atoms with Crippen LogP contribution in [-0.4, -0.2) is 11.5 Å². The Morgan fingerprint density at radius 3 is 2.81 bits per heavy atom. The molecule has 0 spiro atoms. The molecule has 0 unspecified atom stereocenters. The lowest BCUT2D eigenvalue weighted by atomic mass is 10.0. The third kappa shape index (κ3) is 1.72. The Bertz CT molecular complexity index is 484. The molecule has 16 heavy (non-hydrogen) atoms. The molecule has 0 radical (unpaired) electrons. The summed E-state index contributed by atoms with van der Waals surface area (Å²) in [6.45, 7) is 3.33. The van der Waals surface area contributed by atoms with Gasteiger partial charge in [-0.2, -0.15) is 0 Å². The van der Waals surface area contributed by atoms with Crippen molar-refractivity contribution in [3.63, 3.8) is 0 Å². The third-order valence-corrected chi connectivity index (χ3v) is 3.35. The van der Waals surface area contributed by atoms with Crippen molar-refractivity contribution in [2.24, 2.45) is 0 Å². The van der Waals surface area contributed by atoms with Crippen molar-refractivity contribution in [3.05, 3.63) is 35.5 Å². The maximum atomic E-state index is 3.57.